The molecule has 1 unspecified atom stereocenters. The van der Waals surface area contributed by atoms with Gasteiger partial charge < -0.3 is 24.8 Å². The molecule has 7 nitrogen and oxygen atoms in total. The van der Waals surface area contributed by atoms with Crippen molar-refractivity contribution >= 4 is 12.0 Å². The summed E-state index contributed by atoms with van der Waals surface area (Å²) in [5.74, 6) is -0.338. The number of aliphatic hydroxyl groups excluding tert-OH is 1. The number of alkyl carbamates (subject to hydrolysis) is 1. The first-order chi connectivity index (χ1) is 13.3. The molecule has 0 aliphatic carbocycles. The number of carbonyl (C=O) groups is 2. The zero-order chi connectivity index (χ0) is 21.0. The topological polar surface area (TPSA) is 88.1 Å². The van der Waals surface area contributed by atoms with Crippen LogP contribution in [0.2, 0.25) is 0 Å². The Balaban J connectivity index is 2.80. The van der Waals surface area contributed by atoms with Crippen molar-refractivity contribution in [1.29, 1.82) is 0 Å². The predicted molar refractivity (Wildman–Crippen MR) is 108 cm³/mol. The molecule has 0 radical (unpaired) electrons. The van der Waals surface area contributed by atoms with Gasteiger partial charge in [-0.15, -0.1) is 6.58 Å². The van der Waals surface area contributed by atoms with E-state index in [1.165, 1.54) is 4.90 Å². The molecule has 0 aromatic heterocycles. The Bertz CT molecular complexity index is 613. The molecule has 7 heteroatoms. The van der Waals surface area contributed by atoms with Crippen LogP contribution in [-0.2, 0) is 20.9 Å². The molecule has 2 N–H and O–H groups in total. The third kappa shape index (κ3) is 9.53. The Morgan fingerprint density at radius 2 is 1.93 bits per heavy atom. The van der Waals surface area contributed by atoms with Crippen LogP contribution < -0.4 is 5.32 Å². The van der Waals surface area contributed by atoms with E-state index in [-0.39, 0.29) is 25.7 Å². The average Bonchev–Trinajstić information content (AvgIpc) is 2.63. The van der Waals surface area contributed by atoms with Crippen molar-refractivity contribution in [3.63, 3.8) is 0 Å². The predicted octanol–water partition coefficient (Wildman–Crippen LogP) is 2.49. The van der Waals surface area contributed by atoms with E-state index in [9.17, 15) is 14.7 Å². The van der Waals surface area contributed by atoms with Gasteiger partial charge >= 0.3 is 6.09 Å². The Kier molecular flexibility index (Phi) is 10.3. The Morgan fingerprint density at radius 1 is 1.25 bits per heavy atom. The first-order valence-electron chi connectivity index (χ1n) is 9.38. The van der Waals surface area contributed by atoms with Crippen molar-refractivity contribution < 1.29 is 24.2 Å². The number of nitrogens with one attached hydrogen (secondary N) is 1. The number of aliphatic hydroxyl groups is 1. The fourth-order valence-corrected chi connectivity index (χ4v) is 2.41. The van der Waals surface area contributed by atoms with Gasteiger partial charge in [0.05, 0.1) is 19.8 Å². The monoisotopic (exact) mass is 392 g/mol. The van der Waals surface area contributed by atoms with Crippen LogP contribution in [0.1, 0.15) is 32.8 Å². The molecule has 1 aromatic rings. The van der Waals surface area contributed by atoms with Crippen LogP contribution in [0.5, 0.6) is 0 Å². The Hall–Kier alpha value is -2.38. The first kappa shape index (κ1) is 23.7. The summed E-state index contributed by atoms with van der Waals surface area (Å²) < 4.78 is 10.9. The van der Waals surface area contributed by atoms with Crippen LogP contribution >= 0.6 is 0 Å². The number of hydrogen-bond acceptors (Lipinski definition) is 5. The molecule has 0 saturated carbocycles. The smallest absolute Gasteiger partial charge is 0.408 e. The van der Waals surface area contributed by atoms with Crippen molar-refractivity contribution in [2.24, 2.45) is 0 Å². The van der Waals surface area contributed by atoms with Gasteiger partial charge in [-0.2, -0.15) is 0 Å². The van der Waals surface area contributed by atoms with E-state index in [0.29, 0.717) is 19.6 Å². The molecule has 1 aromatic carbocycles. The quantitative estimate of drug-likeness (QED) is 0.565. The SMILES string of the molecule is C=CCCN(CCO)C(=O)C(COCc1ccccc1)NC(=O)OC(C)(C)C. The summed E-state index contributed by atoms with van der Waals surface area (Å²) in [4.78, 5) is 26.6. The standard InChI is InChI=1S/C21H32N2O5/c1-5-6-12-23(13-14-24)19(25)18(22-20(26)28-21(2,3)4)16-27-15-17-10-8-7-9-11-17/h5,7-11,18,24H,1,6,12-16H2,2-4H3,(H,22,26). The third-order valence-corrected chi connectivity index (χ3v) is 3.67. The molecule has 0 fully saturated rings. The molecule has 0 bridgehead atoms. The highest BCUT2D eigenvalue weighted by molar-refractivity contribution is 5.86. The number of hydrogen-bond donors (Lipinski definition) is 2. The molecular weight excluding hydrogens is 360 g/mol. The van der Waals surface area contributed by atoms with Crippen LogP contribution in [0.15, 0.2) is 43.0 Å². The van der Waals surface area contributed by atoms with Gasteiger partial charge in [0, 0.05) is 13.1 Å². The lowest BCUT2D eigenvalue weighted by molar-refractivity contribution is -0.135. The first-order valence-corrected chi connectivity index (χ1v) is 9.38. The minimum Gasteiger partial charge on any atom is -0.444 e. The van der Waals surface area contributed by atoms with Gasteiger partial charge in [0.1, 0.15) is 11.6 Å². The van der Waals surface area contributed by atoms with E-state index < -0.39 is 17.7 Å². The Morgan fingerprint density at radius 3 is 2.50 bits per heavy atom. The summed E-state index contributed by atoms with van der Waals surface area (Å²) in [7, 11) is 0. The van der Waals surface area contributed by atoms with Crippen LogP contribution in [0.25, 0.3) is 0 Å². The van der Waals surface area contributed by atoms with Gasteiger partial charge in [-0.3, -0.25) is 4.79 Å². The highest BCUT2D eigenvalue weighted by Gasteiger charge is 2.28. The highest BCUT2D eigenvalue weighted by Crippen LogP contribution is 2.08. The van der Waals surface area contributed by atoms with E-state index >= 15 is 0 Å². The second kappa shape index (κ2) is 12.2. The van der Waals surface area contributed by atoms with E-state index in [0.717, 1.165) is 5.56 Å². The van der Waals surface area contributed by atoms with Gasteiger partial charge in [-0.25, -0.2) is 4.79 Å². The number of nitrogens with zero attached hydrogens (tertiary/aromatic N) is 1. The van der Waals surface area contributed by atoms with Crippen molar-refractivity contribution in [3.8, 4) is 0 Å². The second-order valence-corrected chi connectivity index (χ2v) is 7.33. The summed E-state index contributed by atoms with van der Waals surface area (Å²) in [5, 5.41) is 11.9. The molecule has 0 aliphatic heterocycles. The molecular formula is C21H32N2O5. The molecule has 0 saturated heterocycles. The summed E-state index contributed by atoms with van der Waals surface area (Å²) in [6.45, 7) is 9.59. The number of amides is 2. The lowest BCUT2D eigenvalue weighted by Crippen LogP contribution is -2.52. The minimum absolute atomic E-state index is 0.0109. The van der Waals surface area contributed by atoms with Crippen molar-refractivity contribution in [2.75, 3.05) is 26.3 Å². The van der Waals surface area contributed by atoms with E-state index in [2.05, 4.69) is 11.9 Å². The summed E-state index contributed by atoms with van der Waals surface area (Å²) >= 11 is 0. The molecule has 0 heterocycles. The van der Waals surface area contributed by atoms with Crippen LogP contribution in [0, 0.1) is 0 Å². The van der Waals surface area contributed by atoms with Crippen LogP contribution in [-0.4, -0.2) is 60.0 Å². The third-order valence-electron chi connectivity index (χ3n) is 3.67. The zero-order valence-electron chi connectivity index (χ0n) is 17.0. The van der Waals surface area contributed by atoms with E-state index in [4.69, 9.17) is 9.47 Å². The molecule has 28 heavy (non-hydrogen) atoms. The number of carbonyl (C=O) groups excluding carboxylic acids is 2. The highest BCUT2D eigenvalue weighted by atomic mass is 16.6. The van der Waals surface area contributed by atoms with Crippen LogP contribution in [0.3, 0.4) is 0 Å². The largest absolute Gasteiger partial charge is 0.444 e. The average molecular weight is 392 g/mol. The molecule has 0 aliphatic rings. The van der Waals surface area contributed by atoms with Gasteiger partial charge in [-0.1, -0.05) is 36.4 Å². The molecule has 156 valence electrons. The molecule has 1 atom stereocenters. The molecule has 2 amide bonds. The maximum atomic E-state index is 12.9. The van der Waals surface area contributed by atoms with Crippen molar-refractivity contribution in [2.45, 2.75) is 45.4 Å². The maximum absolute atomic E-state index is 12.9. The van der Waals surface area contributed by atoms with Crippen LogP contribution in [0.4, 0.5) is 4.79 Å². The van der Waals surface area contributed by atoms with Gasteiger partial charge in [0.25, 0.3) is 0 Å². The summed E-state index contributed by atoms with van der Waals surface area (Å²) in [6.07, 6.45) is 1.58. The molecule has 1 rings (SSSR count). The number of benzene rings is 1. The van der Waals surface area contributed by atoms with E-state index in [1.54, 1.807) is 26.8 Å². The van der Waals surface area contributed by atoms with E-state index in [1.807, 2.05) is 30.3 Å². The lowest BCUT2D eigenvalue weighted by atomic mass is 10.2. The minimum atomic E-state index is -0.921. The normalized spacial score (nSPS) is 12.1. The molecule has 0 spiro atoms. The Labute approximate surface area is 167 Å². The van der Waals surface area contributed by atoms with Gasteiger partial charge in [0.15, 0.2) is 0 Å². The van der Waals surface area contributed by atoms with Crippen molar-refractivity contribution in [3.05, 3.63) is 48.6 Å². The summed E-state index contributed by atoms with van der Waals surface area (Å²) in [6, 6.07) is 8.62. The number of ether oxygens (including phenoxy) is 2. The fourth-order valence-electron chi connectivity index (χ4n) is 2.41. The number of rotatable bonds is 11. The second-order valence-electron chi connectivity index (χ2n) is 7.33. The maximum Gasteiger partial charge on any atom is 0.408 e. The summed E-state index contributed by atoms with van der Waals surface area (Å²) in [5.41, 5.74) is 0.278. The zero-order valence-corrected chi connectivity index (χ0v) is 17.0. The van der Waals surface area contributed by atoms with Gasteiger partial charge in [0.2, 0.25) is 5.91 Å². The lowest BCUT2D eigenvalue weighted by Gasteiger charge is -2.28. The van der Waals surface area contributed by atoms with Crippen molar-refractivity contribution in [1.82, 2.24) is 10.2 Å². The van der Waals surface area contributed by atoms with Gasteiger partial charge in [-0.05, 0) is 32.8 Å². The fraction of sp³-hybridized carbons (Fsp3) is 0.524.